The Bertz CT molecular complexity index is 571. The molecule has 108 valence electrons. The van der Waals surface area contributed by atoms with Crippen LogP contribution in [0, 0.1) is 13.8 Å². The van der Waals surface area contributed by atoms with Crippen molar-refractivity contribution < 1.29 is 9.26 Å². The van der Waals surface area contributed by atoms with Crippen molar-refractivity contribution in [2.45, 2.75) is 40.3 Å². The highest BCUT2D eigenvalue weighted by Gasteiger charge is 2.09. The molecule has 0 amide bonds. The van der Waals surface area contributed by atoms with E-state index in [1.807, 2.05) is 45.9 Å². The van der Waals surface area contributed by atoms with Crippen molar-refractivity contribution in [3.8, 4) is 5.75 Å². The van der Waals surface area contributed by atoms with Crippen LogP contribution in [-0.4, -0.2) is 11.3 Å². The van der Waals surface area contributed by atoms with Crippen molar-refractivity contribution in [1.82, 2.24) is 5.16 Å². The number of rotatable bonds is 5. The van der Waals surface area contributed by atoms with Crippen LogP contribution in [-0.2, 0) is 6.54 Å². The van der Waals surface area contributed by atoms with Gasteiger partial charge in [0.1, 0.15) is 11.5 Å². The number of ether oxygens (including phenoxy) is 1. The summed E-state index contributed by atoms with van der Waals surface area (Å²) in [6, 6.07) is 5.64. The number of nitrogens with two attached hydrogens (primary N) is 1. The number of anilines is 2. The van der Waals surface area contributed by atoms with Crippen molar-refractivity contribution in [3.63, 3.8) is 0 Å². The molecule has 5 nitrogen and oxygen atoms in total. The largest absolute Gasteiger partial charge is 0.491 e. The number of aromatic nitrogens is 1. The summed E-state index contributed by atoms with van der Waals surface area (Å²) in [5.74, 6) is 1.60. The van der Waals surface area contributed by atoms with Crippen molar-refractivity contribution >= 4 is 11.4 Å². The smallest absolute Gasteiger partial charge is 0.138 e. The topological polar surface area (TPSA) is 73.3 Å². The SMILES string of the molecule is Cc1noc(C)c1CNc1cc(N)cc(OC(C)C)c1. The minimum absolute atomic E-state index is 0.118. The molecule has 0 bridgehead atoms. The van der Waals surface area contributed by atoms with Gasteiger partial charge >= 0.3 is 0 Å². The summed E-state index contributed by atoms with van der Waals surface area (Å²) < 4.78 is 10.8. The zero-order valence-corrected chi connectivity index (χ0v) is 12.4. The lowest BCUT2D eigenvalue weighted by Crippen LogP contribution is -2.07. The van der Waals surface area contributed by atoms with Crippen LogP contribution < -0.4 is 15.8 Å². The third-order valence-electron chi connectivity index (χ3n) is 2.95. The van der Waals surface area contributed by atoms with Crippen molar-refractivity contribution in [1.29, 1.82) is 0 Å². The van der Waals surface area contributed by atoms with Gasteiger partial charge in [-0.2, -0.15) is 0 Å². The van der Waals surface area contributed by atoms with Crippen molar-refractivity contribution in [2.75, 3.05) is 11.1 Å². The molecule has 0 fully saturated rings. The van der Waals surface area contributed by atoms with E-state index in [0.717, 1.165) is 28.5 Å². The molecule has 0 aliphatic rings. The first-order chi connectivity index (χ1) is 9.45. The molecular formula is C15H21N3O2. The average molecular weight is 275 g/mol. The maximum Gasteiger partial charge on any atom is 0.138 e. The Kier molecular flexibility index (Phi) is 4.17. The van der Waals surface area contributed by atoms with E-state index in [2.05, 4.69) is 10.5 Å². The summed E-state index contributed by atoms with van der Waals surface area (Å²) >= 11 is 0. The maximum absolute atomic E-state index is 5.89. The molecule has 5 heteroatoms. The van der Waals surface area contributed by atoms with Crippen LogP contribution in [0.1, 0.15) is 30.9 Å². The molecule has 3 N–H and O–H groups in total. The Hall–Kier alpha value is -2.17. The molecule has 0 atom stereocenters. The van der Waals surface area contributed by atoms with Crippen LogP contribution in [0.3, 0.4) is 0 Å². The molecular weight excluding hydrogens is 254 g/mol. The van der Waals surface area contributed by atoms with Gasteiger partial charge in [-0.3, -0.25) is 0 Å². The first kappa shape index (κ1) is 14.2. The van der Waals surface area contributed by atoms with Crippen LogP contribution in [0.4, 0.5) is 11.4 Å². The van der Waals surface area contributed by atoms with Crippen molar-refractivity contribution in [2.24, 2.45) is 0 Å². The molecule has 0 unspecified atom stereocenters. The second-order valence-electron chi connectivity index (χ2n) is 5.11. The average Bonchev–Trinajstić information content (AvgIpc) is 2.65. The Morgan fingerprint density at radius 2 is 2.05 bits per heavy atom. The molecule has 20 heavy (non-hydrogen) atoms. The van der Waals surface area contributed by atoms with Crippen LogP contribution in [0.15, 0.2) is 22.7 Å². The quantitative estimate of drug-likeness (QED) is 0.819. The fourth-order valence-electron chi connectivity index (χ4n) is 2.01. The predicted octanol–water partition coefficient (Wildman–Crippen LogP) is 3.27. The Balaban J connectivity index is 2.11. The molecule has 0 aliphatic carbocycles. The van der Waals surface area contributed by atoms with E-state index in [0.29, 0.717) is 12.2 Å². The fraction of sp³-hybridized carbons (Fsp3) is 0.400. The van der Waals surface area contributed by atoms with E-state index in [9.17, 15) is 0 Å². The van der Waals surface area contributed by atoms with Gasteiger partial charge in [0.05, 0.1) is 11.8 Å². The van der Waals surface area contributed by atoms with Crippen molar-refractivity contribution in [3.05, 3.63) is 35.2 Å². The highest BCUT2D eigenvalue weighted by atomic mass is 16.5. The second kappa shape index (κ2) is 5.86. The van der Waals surface area contributed by atoms with Gasteiger partial charge < -0.3 is 20.3 Å². The van der Waals surface area contributed by atoms with Gasteiger partial charge in [-0.15, -0.1) is 0 Å². The lowest BCUT2D eigenvalue weighted by molar-refractivity contribution is 0.242. The minimum atomic E-state index is 0.118. The summed E-state index contributed by atoms with van der Waals surface area (Å²) in [6.45, 7) is 8.45. The molecule has 1 heterocycles. The number of hydrogen-bond donors (Lipinski definition) is 2. The number of nitrogens with zero attached hydrogens (tertiary/aromatic N) is 1. The highest BCUT2D eigenvalue weighted by molar-refractivity contribution is 5.59. The monoisotopic (exact) mass is 275 g/mol. The van der Waals surface area contributed by atoms with Gasteiger partial charge in [-0.05, 0) is 33.8 Å². The highest BCUT2D eigenvalue weighted by Crippen LogP contribution is 2.24. The molecule has 2 aromatic rings. The van der Waals surface area contributed by atoms with Crippen LogP contribution in [0.2, 0.25) is 0 Å². The number of benzene rings is 1. The Morgan fingerprint density at radius 3 is 2.65 bits per heavy atom. The lowest BCUT2D eigenvalue weighted by atomic mass is 10.2. The zero-order chi connectivity index (χ0) is 14.7. The summed E-state index contributed by atoms with van der Waals surface area (Å²) in [5.41, 5.74) is 9.45. The Morgan fingerprint density at radius 1 is 1.30 bits per heavy atom. The van der Waals surface area contributed by atoms with E-state index in [4.69, 9.17) is 15.0 Å². The normalized spacial score (nSPS) is 10.8. The summed E-state index contributed by atoms with van der Waals surface area (Å²) in [7, 11) is 0. The summed E-state index contributed by atoms with van der Waals surface area (Å²) in [5, 5.41) is 7.26. The molecule has 0 aliphatic heterocycles. The number of nitrogen functional groups attached to an aromatic ring is 1. The van der Waals surface area contributed by atoms with Gasteiger partial charge in [-0.25, -0.2) is 0 Å². The van der Waals surface area contributed by atoms with Gasteiger partial charge in [0.25, 0.3) is 0 Å². The van der Waals surface area contributed by atoms with E-state index < -0.39 is 0 Å². The number of nitrogens with one attached hydrogen (secondary N) is 1. The van der Waals surface area contributed by atoms with E-state index in [1.54, 1.807) is 0 Å². The predicted molar refractivity (Wildman–Crippen MR) is 79.9 cm³/mol. The third-order valence-corrected chi connectivity index (χ3v) is 2.95. The molecule has 0 radical (unpaired) electrons. The summed E-state index contributed by atoms with van der Waals surface area (Å²) in [6.07, 6.45) is 0.118. The van der Waals surface area contributed by atoms with Crippen LogP contribution in [0.5, 0.6) is 5.75 Å². The van der Waals surface area contributed by atoms with Gasteiger partial charge in [0.15, 0.2) is 0 Å². The van der Waals surface area contributed by atoms with Gasteiger partial charge in [0, 0.05) is 35.6 Å². The maximum atomic E-state index is 5.89. The van der Waals surface area contributed by atoms with E-state index >= 15 is 0 Å². The Labute approximate surface area is 119 Å². The molecule has 2 rings (SSSR count). The third kappa shape index (κ3) is 3.44. The van der Waals surface area contributed by atoms with Gasteiger partial charge in [0.2, 0.25) is 0 Å². The zero-order valence-electron chi connectivity index (χ0n) is 12.4. The first-order valence-electron chi connectivity index (χ1n) is 6.68. The molecule has 1 aromatic heterocycles. The van der Waals surface area contributed by atoms with Crippen LogP contribution in [0.25, 0.3) is 0 Å². The van der Waals surface area contributed by atoms with E-state index in [1.165, 1.54) is 0 Å². The summed E-state index contributed by atoms with van der Waals surface area (Å²) in [4.78, 5) is 0. The van der Waals surface area contributed by atoms with E-state index in [-0.39, 0.29) is 6.10 Å². The molecule has 0 saturated carbocycles. The standard InChI is InChI=1S/C15H21N3O2/c1-9(2)19-14-6-12(16)5-13(7-14)17-8-15-10(3)18-20-11(15)4/h5-7,9,17H,8,16H2,1-4H3. The molecule has 1 aromatic carbocycles. The molecule has 0 saturated heterocycles. The molecule has 0 spiro atoms. The van der Waals surface area contributed by atoms with Crippen LogP contribution >= 0.6 is 0 Å². The number of hydrogen-bond acceptors (Lipinski definition) is 5. The van der Waals surface area contributed by atoms with Gasteiger partial charge in [-0.1, -0.05) is 5.16 Å². The first-order valence-corrected chi connectivity index (χ1v) is 6.68. The fourth-order valence-corrected chi connectivity index (χ4v) is 2.01. The lowest BCUT2D eigenvalue weighted by Gasteiger charge is -2.13. The second-order valence-corrected chi connectivity index (χ2v) is 5.11. The minimum Gasteiger partial charge on any atom is -0.491 e. The number of aryl methyl sites for hydroxylation is 2.